The van der Waals surface area contributed by atoms with E-state index in [0.717, 1.165) is 12.5 Å². The van der Waals surface area contributed by atoms with Gasteiger partial charge in [0, 0.05) is 6.08 Å². The fraction of sp³-hybridized carbons (Fsp3) is 0.222. The van der Waals surface area contributed by atoms with Gasteiger partial charge in [-0.05, 0) is 19.4 Å². The van der Waals surface area contributed by atoms with Crippen molar-refractivity contribution in [3.63, 3.8) is 0 Å². The first-order valence-electron chi connectivity index (χ1n) is 3.40. The minimum absolute atomic E-state index is 0.429. The van der Waals surface area contributed by atoms with Crippen LogP contribution < -0.4 is 0 Å². The molecule has 0 N–H and O–H groups in total. The lowest BCUT2D eigenvalue weighted by Gasteiger charge is -1.88. The third-order valence-corrected chi connectivity index (χ3v) is 0.955. The third kappa shape index (κ3) is 6.58. The zero-order valence-electron chi connectivity index (χ0n) is 6.62. The second-order valence-electron chi connectivity index (χ2n) is 1.82. The van der Waals surface area contributed by atoms with E-state index in [1.807, 2.05) is 19.1 Å². The Morgan fingerprint density at radius 1 is 1.55 bits per heavy atom. The summed E-state index contributed by atoms with van der Waals surface area (Å²) in [6.45, 7) is 5.19. The van der Waals surface area contributed by atoms with Crippen molar-refractivity contribution in [2.45, 2.75) is 13.3 Å². The van der Waals surface area contributed by atoms with Crippen molar-refractivity contribution >= 4 is 5.97 Å². The lowest BCUT2D eigenvalue weighted by Crippen LogP contribution is -1.91. The molecule has 0 radical (unpaired) electrons. The Morgan fingerprint density at radius 2 is 2.27 bits per heavy atom. The van der Waals surface area contributed by atoms with E-state index in [9.17, 15) is 4.79 Å². The average Bonchev–Trinajstić information content (AvgIpc) is 2.04. The van der Waals surface area contributed by atoms with Gasteiger partial charge in [-0.2, -0.15) is 0 Å². The van der Waals surface area contributed by atoms with E-state index in [4.69, 9.17) is 0 Å². The Labute approximate surface area is 66.9 Å². The first-order valence-corrected chi connectivity index (χ1v) is 3.40. The summed E-state index contributed by atoms with van der Waals surface area (Å²) in [5.74, 6) is -0.429. The molecule has 60 valence electrons. The minimum Gasteiger partial charge on any atom is -0.432 e. The zero-order valence-corrected chi connectivity index (χ0v) is 6.62. The largest absolute Gasteiger partial charge is 0.432 e. The molecule has 0 aliphatic rings. The summed E-state index contributed by atoms with van der Waals surface area (Å²) < 4.78 is 4.57. The van der Waals surface area contributed by atoms with Gasteiger partial charge < -0.3 is 4.74 Å². The van der Waals surface area contributed by atoms with Crippen LogP contribution in [0.15, 0.2) is 37.1 Å². The number of ether oxygens (including phenoxy) is 1. The highest BCUT2D eigenvalue weighted by molar-refractivity contribution is 5.81. The van der Waals surface area contributed by atoms with Crippen LogP contribution in [0, 0.1) is 0 Å². The van der Waals surface area contributed by atoms with Crippen molar-refractivity contribution in [1.82, 2.24) is 0 Å². The fourth-order valence-electron chi connectivity index (χ4n) is 0.433. The summed E-state index contributed by atoms with van der Waals surface area (Å²) in [5.41, 5.74) is 0. The van der Waals surface area contributed by atoms with E-state index in [1.54, 1.807) is 6.08 Å². The molecule has 0 atom stereocenters. The van der Waals surface area contributed by atoms with Crippen LogP contribution in [0.2, 0.25) is 0 Å². The SMILES string of the molecule is C=CC(=O)OC=CCC=CC. The predicted molar refractivity (Wildman–Crippen MR) is 44.9 cm³/mol. The molecular formula is C9H12O2. The van der Waals surface area contributed by atoms with Crippen LogP contribution in [0.25, 0.3) is 0 Å². The molecule has 0 saturated carbocycles. The molecule has 0 amide bonds. The summed E-state index contributed by atoms with van der Waals surface area (Å²) in [7, 11) is 0. The highest BCUT2D eigenvalue weighted by Crippen LogP contribution is 1.87. The summed E-state index contributed by atoms with van der Waals surface area (Å²) in [5, 5.41) is 0. The second-order valence-corrected chi connectivity index (χ2v) is 1.82. The molecule has 0 aromatic rings. The van der Waals surface area contributed by atoms with Crippen LogP contribution in [0.4, 0.5) is 0 Å². The standard InChI is InChI=1S/C9H12O2/c1-3-5-6-7-8-11-9(10)4-2/h3-5,7-8H,2,6H2,1H3. The van der Waals surface area contributed by atoms with E-state index in [-0.39, 0.29) is 0 Å². The number of carbonyl (C=O) groups is 1. The lowest BCUT2D eigenvalue weighted by molar-refractivity contribution is -0.132. The molecule has 11 heavy (non-hydrogen) atoms. The number of hydrogen-bond donors (Lipinski definition) is 0. The van der Waals surface area contributed by atoms with E-state index in [1.165, 1.54) is 6.26 Å². The van der Waals surface area contributed by atoms with E-state index >= 15 is 0 Å². The van der Waals surface area contributed by atoms with Gasteiger partial charge >= 0.3 is 5.97 Å². The lowest BCUT2D eigenvalue weighted by atomic mass is 10.4. The molecule has 0 aliphatic carbocycles. The maximum atomic E-state index is 10.4. The number of allylic oxidation sites excluding steroid dienone is 3. The summed E-state index contributed by atoms with van der Waals surface area (Å²) in [6, 6.07) is 0. The van der Waals surface area contributed by atoms with Crippen LogP contribution in [0.5, 0.6) is 0 Å². The average molecular weight is 152 g/mol. The summed E-state index contributed by atoms with van der Waals surface area (Å²) in [6.07, 6.45) is 8.91. The maximum absolute atomic E-state index is 10.4. The number of hydrogen-bond acceptors (Lipinski definition) is 2. The van der Waals surface area contributed by atoms with Gasteiger partial charge in [0.15, 0.2) is 0 Å². The molecular weight excluding hydrogens is 140 g/mol. The van der Waals surface area contributed by atoms with E-state index < -0.39 is 5.97 Å². The molecule has 0 bridgehead atoms. The van der Waals surface area contributed by atoms with Gasteiger partial charge in [-0.25, -0.2) is 4.79 Å². The van der Waals surface area contributed by atoms with Crippen LogP contribution in [-0.2, 0) is 9.53 Å². The van der Waals surface area contributed by atoms with Crippen molar-refractivity contribution in [3.8, 4) is 0 Å². The molecule has 2 nitrogen and oxygen atoms in total. The molecule has 0 saturated heterocycles. The summed E-state index contributed by atoms with van der Waals surface area (Å²) in [4.78, 5) is 10.4. The zero-order chi connectivity index (χ0) is 8.53. The Bertz CT molecular complexity index is 178. The summed E-state index contributed by atoms with van der Waals surface area (Å²) >= 11 is 0. The van der Waals surface area contributed by atoms with Gasteiger partial charge in [0.05, 0.1) is 6.26 Å². The van der Waals surface area contributed by atoms with E-state index in [2.05, 4.69) is 11.3 Å². The topological polar surface area (TPSA) is 26.3 Å². The van der Waals surface area contributed by atoms with Gasteiger partial charge in [-0.1, -0.05) is 18.7 Å². The molecule has 0 aliphatic heterocycles. The monoisotopic (exact) mass is 152 g/mol. The van der Waals surface area contributed by atoms with E-state index in [0.29, 0.717) is 0 Å². The Hall–Kier alpha value is -1.31. The number of esters is 1. The van der Waals surface area contributed by atoms with Gasteiger partial charge in [0.1, 0.15) is 0 Å². The van der Waals surface area contributed by atoms with Crippen LogP contribution in [-0.4, -0.2) is 5.97 Å². The van der Waals surface area contributed by atoms with Gasteiger partial charge in [-0.15, -0.1) is 0 Å². The van der Waals surface area contributed by atoms with Crippen molar-refractivity contribution in [2.24, 2.45) is 0 Å². The fourth-order valence-corrected chi connectivity index (χ4v) is 0.433. The highest BCUT2D eigenvalue weighted by Gasteiger charge is 1.86. The maximum Gasteiger partial charge on any atom is 0.334 e. The Morgan fingerprint density at radius 3 is 2.82 bits per heavy atom. The van der Waals surface area contributed by atoms with Crippen molar-refractivity contribution in [3.05, 3.63) is 37.1 Å². The first kappa shape index (κ1) is 9.69. The molecule has 0 aromatic carbocycles. The van der Waals surface area contributed by atoms with Crippen LogP contribution >= 0.6 is 0 Å². The van der Waals surface area contributed by atoms with Gasteiger partial charge in [0.25, 0.3) is 0 Å². The molecule has 0 aromatic heterocycles. The number of rotatable bonds is 4. The highest BCUT2D eigenvalue weighted by atomic mass is 16.5. The molecule has 0 rings (SSSR count). The quantitative estimate of drug-likeness (QED) is 0.267. The Balaban J connectivity index is 3.44. The normalized spacial score (nSPS) is 10.6. The second kappa shape index (κ2) is 6.81. The molecule has 0 unspecified atom stereocenters. The predicted octanol–water partition coefficient (Wildman–Crippen LogP) is 2.20. The molecule has 0 fully saturated rings. The third-order valence-electron chi connectivity index (χ3n) is 0.955. The Kier molecular flexibility index (Phi) is 5.99. The van der Waals surface area contributed by atoms with Crippen LogP contribution in [0.1, 0.15) is 13.3 Å². The van der Waals surface area contributed by atoms with Crippen LogP contribution in [0.3, 0.4) is 0 Å². The first-order chi connectivity index (χ1) is 5.31. The molecule has 0 heterocycles. The van der Waals surface area contributed by atoms with Crippen molar-refractivity contribution < 1.29 is 9.53 Å². The minimum atomic E-state index is -0.429. The van der Waals surface area contributed by atoms with Gasteiger partial charge in [0.2, 0.25) is 0 Å². The number of carbonyl (C=O) groups excluding carboxylic acids is 1. The van der Waals surface area contributed by atoms with Crippen molar-refractivity contribution in [1.29, 1.82) is 0 Å². The smallest absolute Gasteiger partial charge is 0.334 e. The van der Waals surface area contributed by atoms with Crippen molar-refractivity contribution in [2.75, 3.05) is 0 Å². The molecule has 0 spiro atoms. The molecule has 2 heteroatoms. The van der Waals surface area contributed by atoms with Gasteiger partial charge in [-0.3, -0.25) is 0 Å².